The Kier molecular flexibility index (Phi) is 9.08. The fraction of sp³-hybridized carbons (Fsp3) is 0.524. The lowest BCUT2D eigenvalue weighted by molar-refractivity contribution is 0.129. The van der Waals surface area contributed by atoms with Crippen LogP contribution in [0.2, 0.25) is 0 Å². The third kappa shape index (κ3) is 6.39. The van der Waals surface area contributed by atoms with Gasteiger partial charge in [-0.2, -0.15) is 5.10 Å². The molecule has 1 aromatic carbocycles. The number of benzene rings is 1. The number of aryl methyl sites for hydroxylation is 3. The van der Waals surface area contributed by atoms with Crippen LogP contribution in [0.15, 0.2) is 41.4 Å². The predicted molar refractivity (Wildman–Crippen MR) is 125 cm³/mol. The summed E-state index contributed by atoms with van der Waals surface area (Å²) in [5.41, 5.74) is 2.30. The lowest BCUT2D eigenvalue weighted by Gasteiger charge is -2.34. The van der Waals surface area contributed by atoms with E-state index in [1.54, 1.807) is 0 Å². The first-order valence-corrected chi connectivity index (χ1v) is 9.84. The maximum absolute atomic E-state index is 6.08. The Morgan fingerprint density at radius 3 is 2.54 bits per heavy atom. The number of halogens is 1. The second kappa shape index (κ2) is 11.3. The first-order valence-electron chi connectivity index (χ1n) is 9.84. The van der Waals surface area contributed by atoms with Gasteiger partial charge in [-0.3, -0.25) is 9.67 Å². The molecule has 2 heterocycles. The summed E-state index contributed by atoms with van der Waals surface area (Å²) in [6, 6.07) is 12.2. The van der Waals surface area contributed by atoms with Gasteiger partial charge in [0.25, 0.3) is 0 Å². The van der Waals surface area contributed by atoms with Crippen molar-refractivity contribution in [2.75, 3.05) is 26.7 Å². The van der Waals surface area contributed by atoms with Crippen LogP contribution in [0.4, 0.5) is 0 Å². The number of nitrogens with one attached hydrogen (secondary N) is 1. The zero-order valence-electron chi connectivity index (χ0n) is 17.1. The smallest absolute Gasteiger partial charge is 0.193 e. The van der Waals surface area contributed by atoms with Gasteiger partial charge < -0.3 is 15.0 Å². The zero-order chi connectivity index (χ0) is 19.1. The van der Waals surface area contributed by atoms with Crippen molar-refractivity contribution in [2.45, 2.75) is 45.8 Å². The lowest BCUT2D eigenvalue weighted by Crippen LogP contribution is -2.47. The van der Waals surface area contributed by atoms with Crippen molar-refractivity contribution in [3.8, 4) is 5.75 Å². The molecule has 1 aliphatic rings. The van der Waals surface area contributed by atoms with Gasteiger partial charge in [0.1, 0.15) is 11.9 Å². The van der Waals surface area contributed by atoms with Crippen LogP contribution in [-0.2, 0) is 6.54 Å². The van der Waals surface area contributed by atoms with Gasteiger partial charge in [-0.1, -0.05) is 18.2 Å². The Labute approximate surface area is 185 Å². The van der Waals surface area contributed by atoms with Gasteiger partial charge in [-0.05, 0) is 38.5 Å². The third-order valence-corrected chi connectivity index (χ3v) is 4.93. The maximum Gasteiger partial charge on any atom is 0.193 e. The molecular weight excluding hydrogens is 465 g/mol. The Balaban J connectivity index is 0.00000280. The molecule has 7 heteroatoms. The molecule has 154 valence electrons. The summed E-state index contributed by atoms with van der Waals surface area (Å²) >= 11 is 0. The Bertz CT molecular complexity index is 739. The SMILES string of the molecule is CN=C(NCCCn1nc(C)cc1C)N1CCC(Oc2ccccc2)CC1.I. The molecule has 3 rings (SSSR count). The minimum absolute atomic E-state index is 0. The van der Waals surface area contributed by atoms with E-state index in [1.165, 1.54) is 5.69 Å². The van der Waals surface area contributed by atoms with Crippen LogP contribution in [0.5, 0.6) is 5.75 Å². The molecule has 0 aliphatic carbocycles. The zero-order valence-corrected chi connectivity index (χ0v) is 19.4. The van der Waals surface area contributed by atoms with Crippen molar-refractivity contribution in [1.82, 2.24) is 20.0 Å². The largest absolute Gasteiger partial charge is 0.490 e. The number of ether oxygens (including phenoxy) is 1. The van der Waals surface area contributed by atoms with Crippen LogP contribution in [-0.4, -0.2) is 53.4 Å². The molecular formula is C21H32IN5O. The van der Waals surface area contributed by atoms with Crippen molar-refractivity contribution in [3.63, 3.8) is 0 Å². The van der Waals surface area contributed by atoms with E-state index in [2.05, 4.69) is 38.0 Å². The number of piperidine rings is 1. The molecule has 6 nitrogen and oxygen atoms in total. The molecule has 1 fully saturated rings. The number of aliphatic imine (C=N–C) groups is 1. The first kappa shape index (κ1) is 22.5. The standard InChI is InChI=1S/C21H31N5O.HI/c1-17-16-18(2)26(24-17)13-7-12-23-21(22-3)25-14-10-20(11-15-25)27-19-8-5-4-6-9-19;/h4-6,8-9,16,20H,7,10-15H2,1-3H3,(H,22,23);1H. The molecule has 1 aliphatic heterocycles. The molecule has 0 spiro atoms. The number of guanidine groups is 1. The summed E-state index contributed by atoms with van der Waals surface area (Å²) in [6.45, 7) is 7.90. The number of likely N-dealkylation sites (tertiary alicyclic amines) is 1. The van der Waals surface area contributed by atoms with Crippen molar-refractivity contribution < 1.29 is 4.74 Å². The molecule has 28 heavy (non-hydrogen) atoms. The van der Waals surface area contributed by atoms with E-state index in [0.29, 0.717) is 0 Å². The molecule has 0 radical (unpaired) electrons. The highest BCUT2D eigenvalue weighted by Crippen LogP contribution is 2.18. The quantitative estimate of drug-likeness (QED) is 0.287. The van der Waals surface area contributed by atoms with Crippen LogP contribution in [0.1, 0.15) is 30.7 Å². The Hall–Kier alpha value is -1.77. The molecule has 0 amide bonds. The number of hydrogen-bond acceptors (Lipinski definition) is 3. The van der Waals surface area contributed by atoms with Crippen LogP contribution in [0.3, 0.4) is 0 Å². The lowest BCUT2D eigenvalue weighted by atomic mass is 10.1. The van der Waals surface area contributed by atoms with E-state index < -0.39 is 0 Å². The van der Waals surface area contributed by atoms with Crippen LogP contribution >= 0.6 is 24.0 Å². The highest BCUT2D eigenvalue weighted by Gasteiger charge is 2.22. The van der Waals surface area contributed by atoms with Crippen LogP contribution < -0.4 is 10.1 Å². The second-order valence-electron chi connectivity index (χ2n) is 7.10. The molecule has 0 bridgehead atoms. The highest BCUT2D eigenvalue weighted by atomic mass is 127. The summed E-state index contributed by atoms with van der Waals surface area (Å²) in [7, 11) is 1.86. The monoisotopic (exact) mass is 497 g/mol. The van der Waals surface area contributed by atoms with Gasteiger partial charge in [0, 0.05) is 51.8 Å². The molecule has 0 unspecified atom stereocenters. The molecule has 1 aromatic heterocycles. The summed E-state index contributed by atoms with van der Waals surface area (Å²) < 4.78 is 8.16. The van der Waals surface area contributed by atoms with Gasteiger partial charge in [0.2, 0.25) is 0 Å². The number of rotatable bonds is 6. The highest BCUT2D eigenvalue weighted by molar-refractivity contribution is 14.0. The predicted octanol–water partition coefficient (Wildman–Crippen LogP) is 3.63. The molecule has 1 N–H and O–H groups in total. The summed E-state index contributed by atoms with van der Waals surface area (Å²) in [6.07, 6.45) is 3.34. The van der Waals surface area contributed by atoms with E-state index in [4.69, 9.17) is 4.74 Å². The number of hydrogen-bond donors (Lipinski definition) is 1. The van der Waals surface area contributed by atoms with Gasteiger partial charge in [-0.25, -0.2) is 0 Å². The molecule has 2 aromatic rings. The number of aromatic nitrogens is 2. The summed E-state index contributed by atoms with van der Waals surface area (Å²) in [4.78, 5) is 6.78. The minimum atomic E-state index is 0. The Morgan fingerprint density at radius 2 is 1.93 bits per heavy atom. The van der Waals surface area contributed by atoms with Gasteiger partial charge in [0.15, 0.2) is 5.96 Å². The van der Waals surface area contributed by atoms with E-state index in [9.17, 15) is 0 Å². The van der Waals surface area contributed by atoms with E-state index in [-0.39, 0.29) is 30.1 Å². The number of nitrogens with zero attached hydrogens (tertiary/aromatic N) is 4. The van der Waals surface area contributed by atoms with Crippen molar-refractivity contribution in [2.24, 2.45) is 4.99 Å². The summed E-state index contributed by atoms with van der Waals surface area (Å²) in [5.74, 6) is 1.95. The minimum Gasteiger partial charge on any atom is -0.490 e. The van der Waals surface area contributed by atoms with Gasteiger partial charge in [-0.15, -0.1) is 24.0 Å². The fourth-order valence-electron chi connectivity index (χ4n) is 3.54. The Morgan fingerprint density at radius 1 is 1.21 bits per heavy atom. The average molecular weight is 497 g/mol. The van der Waals surface area contributed by atoms with E-state index >= 15 is 0 Å². The van der Waals surface area contributed by atoms with E-state index in [0.717, 1.165) is 62.8 Å². The topological polar surface area (TPSA) is 54.7 Å². The third-order valence-electron chi connectivity index (χ3n) is 4.93. The van der Waals surface area contributed by atoms with Gasteiger partial charge >= 0.3 is 0 Å². The first-order chi connectivity index (χ1) is 13.2. The van der Waals surface area contributed by atoms with Crippen LogP contribution in [0, 0.1) is 13.8 Å². The molecule has 0 saturated carbocycles. The number of para-hydroxylation sites is 1. The fourth-order valence-corrected chi connectivity index (χ4v) is 3.54. The summed E-state index contributed by atoms with van der Waals surface area (Å²) in [5, 5.41) is 8.01. The average Bonchev–Trinajstić information content (AvgIpc) is 3.01. The molecule has 0 atom stereocenters. The maximum atomic E-state index is 6.08. The van der Waals surface area contributed by atoms with Crippen molar-refractivity contribution in [1.29, 1.82) is 0 Å². The van der Waals surface area contributed by atoms with Crippen molar-refractivity contribution in [3.05, 3.63) is 47.8 Å². The second-order valence-corrected chi connectivity index (χ2v) is 7.10. The van der Waals surface area contributed by atoms with E-state index in [1.807, 2.05) is 44.3 Å². The molecule has 1 saturated heterocycles. The van der Waals surface area contributed by atoms with Crippen molar-refractivity contribution >= 4 is 29.9 Å². The normalized spacial score (nSPS) is 15.2. The van der Waals surface area contributed by atoms with Crippen LogP contribution in [0.25, 0.3) is 0 Å². The van der Waals surface area contributed by atoms with Gasteiger partial charge in [0.05, 0.1) is 5.69 Å².